The third-order valence-electron chi connectivity index (χ3n) is 4.62. The number of halogens is 1. The number of benzene rings is 3. The van der Waals surface area contributed by atoms with Crippen molar-refractivity contribution in [2.45, 2.75) is 6.54 Å². The van der Waals surface area contributed by atoms with Crippen molar-refractivity contribution in [2.24, 2.45) is 0 Å². The van der Waals surface area contributed by atoms with Gasteiger partial charge in [0, 0.05) is 22.7 Å². The summed E-state index contributed by atoms with van der Waals surface area (Å²) in [5.74, 6) is 0.704. The van der Waals surface area contributed by atoms with Crippen LogP contribution in [0.4, 0.5) is 5.69 Å². The van der Waals surface area contributed by atoms with Gasteiger partial charge in [-0.25, -0.2) is 4.98 Å². The molecule has 0 fully saturated rings. The van der Waals surface area contributed by atoms with Crippen molar-refractivity contribution in [2.75, 3.05) is 0 Å². The molecule has 6 heteroatoms. The molecule has 138 valence electrons. The molecule has 0 aliphatic heterocycles. The van der Waals surface area contributed by atoms with Gasteiger partial charge in [0.25, 0.3) is 5.69 Å². The van der Waals surface area contributed by atoms with E-state index in [-0.39, 0.29) is 5.69 Å². The smallest absolute Gasteiger partial charge is 0.269 e. The fraction of sp³-hybridized carbons (Fsp3) is 0.0455. The summed E-state index contributed by atoms with van der Waals surface area (Å²) in [5, 5.41) is 11.6. The Morgan fingerprint density at radius 1 is 1.07 bits per heavy atom. The van der Waals surface area contributed by atoms with Crippen LogP contribution in [0, 0.1) is 10.1 Å². The van der Waals surface area contributed by atoms with Gasteiger partial charge in [0.05, 0.1) is 22.5 Å². The lowest BCUT2D eigenvalue weighted by atomic mass is 10.1. The van der Waals surface area contributed by atoms with Gasteiger partial charge in [-0.1, -0.05) is 60.6 Å². The maximum atomic E-state index is 11.2. The van der Waals surface area contributed by atoms with Crippen LogP contribution in [0.3, 0.4) is 0 Å². The summed E-state index contributed by atoms with van der Waals surface area (Å²) in [4.78, 5) is 15.5. The molecule has 5 nitrogen and oxygen atoms in total. The molecular formula is C22H16ClN3O2. The summed E-state index contributed by atoms with van der Waals surface area (Å²) in [6.07, 6.45) is 0. The number of para-hydroxylation sites is 2. The number of hydrogen-bond donors (Lipinski definition) is 0. The minimum Gasteiger partial charge on any atom is -0.319 e. The highest BCUT2D eigenvalue weighted by atomic mass is 35.5. The fourth-order valence-electron chi connectivity index (χ4n) is 3.20. The van der Waals surface area contributed by atoms with Crippen LogP contribution in [0.5, 0.6) is 0 Å². The maximum Gasteiger partial charge on any atom is 0.269 e. The van der Waals surface area contributed by atoms with Crippen molar-refractivity contribution >= 4 is 33.9 Å². The molecule has 0 spiro atoms. The summed E-state index contributed by atoms with van der Waals surface area (Å²) in [5.41, 5.74) is 4.14. The summed E-state index contributed by atoms with van der Waals surface area (Å²) in [7, 11) is 0. The standard InChI is InChI=1S/C22H16ClN3O2/c1-15(16-7-3-2-4-8-16)22-24-20-9-5-6-10-21(20)25(22)14-17-13-18(26(27)28)11-12-19(17)23/h2-13H,1,14H2. The van der Waals surface area contributed by atoms with Crippen molar-refractivity contribution in [1.82, 2.24) is 9.55 Å². The zero-order valence-electron chi connectivity index (χ0n) is 14.9. The minimum absolute atomic E-state index is 0.00672. The molecule has 0 aliphatic carbocycles. The molecule has 0 radical (unpaired) electrons. The lowest BCUT2D eigenvalue weighted by Crippen LogP contribution is -2.06. The second-order valence-electron chi connectivity index (χ2n) is 6.39. The van der Waals surface area contributed by atoms with Crippen LogP contribution < -0.4 is 0 Å². The van der Waals surface area contributed by atoms with Crippen molar-refractivity contribution in [3.05, 3.63) is 111 Å². The Kier molecular flexibility index (Phi) is 4.67. The highest BCUT2D eigenvalue weighted by Crippen LogP contribution is 2.29. The number of rotatable bonds is 5. The molecule has 0 N–H and O–H groups in total. The van der Waals surface area contributed by atoms with Gasteiger partial charge >= 0.3 is 0 Å². The number of imidazole rings is 1. The van der Waals surface area contributed by atoms with Crippen LogP contribution in [0.2, 0.25) is 5.02 Å². The highest BCUT2D eigenvalue weighted by molar-refractivity contribution is 6.31. The van der Waals surface area contributed by atoms with Crippen LogP contribution >= 0.6 is 11.6 Å². The number of hydrogen-bond acceptors (Lipinski definition) is 3. The molecule has 1 heterocycles. The van der Waals surface area contributed by atoms with Gasteiger partial charge in [-0.15, -0.1) is 0 Å². The topological polar surface area (TPSA) is 61.0 Å². The normalized spacial score (nSPS) is 10.9. The molecule has 28 heavy (non-hydrogen) atoms. The molecule has 4 aromatic rings. The van der Waals surface area contributed by atoms with Gasteiger partial charge in [-0.3, -0.25) is 10.1 Å². The van der Waals surface area contributed by atoms with Crippen molar-refractivity contribution in [3.8, 4) is 0 Å². The van der Waals surface area contributed by atoms with Crippen LogP contribution in [0.1, 0.15) is 17.0 Å². The SMILES string of the molecule is C=C(c1ccccc1)c1nc2ccccc2n1Cc1cc([N+](=O)[O-])ccc1Cl. The van der Waals surface area contributed by atoms with E-state index in [1.165, 1.54) is 12.1 Å². The summed E-state index contributed by atoms with van der Waals surface area (Å²) < 4.78 is 2.00. The van der Waals surface area contributed by atoms with E-state index in [0.717, 1.165) is 22.2 Å². The van der Waals surface area contributed by atoms with Gasteiger partial charge in [-0.2, -0.15) is 0 Å². The maximum absolute atomic E-state index is 11.2. The number of nitro benzene ring substituents is 1. The predicted molar refractivity (Wildman–Crippen MR) is 112 cm³/mol. The summed E-state index contributed by atoms with van der Waals surface area (Å²) in [6.45, 7) is 4.59. The Balaban J connectivity index is 1.86. The van der Waals surface area contributed by atoms with Gasteiger partial charge in [0.2, 0.25) is 0 Å². The van der Waals surface area contributed by atoms with E-state index in [9.17, 15) is 10.1 Å². The monoisotopic (exact) mass is 389 g/mol. The average Bonchev–Trinajstić information content (AvgIpc) is 3.08. The first kappa shape index (κ1) is 17.9. The third-order valence-corrected chi connectivity index (χ3v) is 4.98. The van der Waals surface area contributed by atoms with Crippen LogP contribution in [0.15, 0.2) is 79.4 Å². The molecule has 0 aliphatic rings. The molecule has 0 saturated heterocycles. The molecule has 4 rings (SSSR count). The van der Waals surface area contributed by atoms with Crippen LogP contribution in [-0.2, 0) is 6.54 Å². The molecule has 1 aromatic heterocycles. The first-order valence-electron chi connectivity index (χ1n) is 8.67. The fourth-order valence-corrected chi connectivity index (χ4v) is 3.38. The Bertz CT molecular complexity index is 1200. The van der Waals surface area contributed by atoms with Crippen LogP contribution in [0.25, 0.3) is 16.6 Å². The first-order valence-corrected chi connectivity index (χ1v) is 9.05. The zero-order valence-corrected chi connectivity index (χ0v) is 15.6. The molecule has 3 aromatic carbocycles. The molecule has 0 atom stereocenters. The number of nitro groups is 1. The third kappa shape index (κ3) is 3.28. The second-order valence-corrected chi connectivity index (χ2v) is 6.79. The lowest BCUT2D eigenvalue weighted by Gasteiger charge is -2.12. The van der Waals surface area contributed by atoms with Crippen LogP contribution in [-0.4, -0.2) is 14.5 Å². The molecule has 0 saturated carbocycles. The Hall–Kier alpha value is -3.44. The van der Waals surface area contributed by atoms with E-state index in [2.05, 4.69) is 6.58 Å². The largest absolute Gasteiger partial charge is 0.319 e. The quantitative estimate of drug-likeness (QED) is 0.324. The summed E-state index contributed by atoms with van der Waals surface area (Å²) >= 11 is 6.34. The molecule has 0 unspecified atom stereocenters. The Morgan fingerprint density at radius 3 is 2.54 bits per heavy atom. The number of fused-ring (bicyclic) bond motifs is 1. The number of aromatic nitrogens is 2. The van der Waals surface area contributed by atoms with E-state index in [4.69, 9.17) is 16.6 Å². The first-order chi connectivity index (χ1) is 13.5. The van der Waals surface area contributed by atoms with E-state index in [1.807, 2.05) is 59.2 Å². The Labute approximate surface area is 166 Å². The van der Waals surface area contributed by atoms with Gasteiger partial charge in [-0.05, 0) is 29.3 Å². The molecule has 0 bridgehead atoms. The second kappa shape index (κ2) is 7.29. The number of non-ortho nitro benzene ring substituents is 1. The zero-order chi connectivity index (χ0) is 19.7. The molecule has 0 amide bonds. The van der Waals surface area contributed by atoms with Crippen molar-refractivity contribution in [1.29, 1.82) is 0 Å². The van der Waals surface area contributed by atoms with Gasteiger partial charge < -0.3 is 4.57 Å². The van der Waals surface area contributed by atoms with Crippen molar-refractivity contribution < 1.29 is 4.92 Å². The van der Waals surface area contributed by atoms with Gasteiger partial charge in [0.1, 0.15) is 5.82 Å². The van der Waals surface area contributed by atoms with Gasteiger partial charge in [0.15, 0.2) is 0 Å². The summed E-state index contributed by atoms with van der Waals surface area (Å²) in [6, 6.07) is 22.0. The highest BCUT2D eigenvalue weighted by Gasteiger charge is 2.17. The Morgan fingerprint density at radius 2 is 1.79 bits per heavy atom. The number of nitrogens with zero attached hydrogens (tertiary/aromatic N) is 3. The average molecular weight is 390 g/mol. The predicted octanol–water partition coefficient (Wildman–Crippen LogP) is 5.71. The minimum atomic E-state index is -0.421. The molecular weight excluding hydrogens is 374 g/mol. The van der Waals surface area contributed by atoms with E-state index >= 15 is 0 Å². The van der Waals surface area contributed by atoms with E-state index in [1.54, 1.807) is 6.07 Å². The van der Waals surface area contributed by atoms with E-state index in [0.29, 0.717) is 23.0 Å². The van der Waals surface area contributed by atoms with Crippen molar-refractivity contribution in [3.63, 3.8) is 0 Å². The lowest BCUT2D eigenvalue weighted by molar-refractivity contribution is -0.384. The van der Waals surface area contributed by atoms with E-state index < -0.39 is 4.92 Å².